The molecule has 0 aromatic rings. The van der Waals surface area contributed by atoms with E-state index in [1.165, 1.54) is 5.57 Å². The lowest BCUT2D eigenvalue weighted by Crippen LogP contribution is -2.46. The molecular weight excluding hydrogens is 292 g/mol. The molecule has 128 valence electrons. The van der Waals surface area contributed by atoms with E-state index >= 15 is 0 Å². The zero-order chi connectivity index (χ0) is 17.0. The molecule has 0 aliphatic heterocycles. The second-order valence-electron chi connectivity index (χ2n) is 7.59. The molecule has 0 amide bonds. The fourth-order valence-electron chi connectivity index (χ4n) is 4.48. The monoisotopic (exact) mass is 320 g/mol. The zero-order valence-corrected chi connectivity index (χ0v) is 14.3. The van der Waals surface area contributed by atoms with Crippen molar-refractivity contribution in [3.63, 3.8) is 0 Å². The van der Waals surface area contributed by atoms with Gasteiger partial charge < -0.3 is 9.90 Å². The molecule has 2 rings (SSSR count). The topological polar surface area (TPSA) is 71.4 Å². The van der Waals surface area contributed by atoms with E-state index in [1.54, 1.807) is 6.92 Å². The number of allylic oxidation sites excluding steroid dienone is 2. The number of unbranched alkanes of at least 4 members (excludes halogenated alkanes) is 1. The Morgan fingerprint density at radius 1 is 1.22 bits per heavy atom. The Balaban J connectivity index is 1.82. The number of carbonyl (C=O) groups excluding carboxylic acids is 2. The largest absolute Gasteiger partial charge is 0.481 e. The van der Waals surface area contributed by atoms with Gasteiger partial charge in [0.25, 0.3) is 0 Å². The average molecular weight is 320 g/mol. The zero-order valence-electron chi connectivity index (χ0n) is 14.3. The Morgan fingerprint density at radius 2 is 1.91 bits per heavy atom. The van der Waals surface area contributed by atoms with Gasteiger partial charge in [-0.2, -0.15) is 0 Å². The minimum absolute atomic E-state index is 0.168. The third-order valence-corrected chi connectivity index (χ3v) is 5.57. The summed E-state index contributed by atoms with van der Waals surface area (Å²) in [5.74, 6) is 0.571. The van der Waals surface area contributed by atoms with Crippen LogP contribution in [0.25, 0.3) is 0 Å². The lowest BCUT2D eigenvalue weighted by Gasteiger charge is -2.52. The first-order valence-corrected chi connectivity index (χ1v) is 8.72. The van der Waals surface area contributed by atoms with Crippen LogP contribution in [0.15, 0.2) is 11.6 Å². The highest BCUT2D eigenvalue weighted by atomic mass is 16.4. The summed E-state index contributed by atoms with van der Waals surface area (Å²) in [5.41, 5.74) is 1.16. The Labute approximate surface area is 138 Å². The van der Waals surface area contributed by atoms with Crippen LogP contribution < -0.4 is 0 Å². The second-order valence-corrected chi connectivity index (χ2v) is 7.59. The number of aliphatic carboxylic acids is 1. The van der Waals surface area contributed by atoms with Gasteiger partial charge in [-0.1, -0.05) is 11.6 Å². The normalized spacial score (nSPS) is 28.7. The van der Waals surface area contributed by atoms with Crippen LogP contribution in [-0.4, -0.2) is 22.6 Å². The SMILES string of the molecule is CC(=O)CCCCC(=O)CCC1(CC(=O)O)CC2CC(C)=CC21. The summed E-state index contributed by atoms with van der Waals surface area (Å²) in [6, 6.07) is 0. The Kier molecular flexibility index (Phi) is 5.77. The summed E-state index contributed by atoms with van der Waals surface area (Å²) < 4.78 is 0. The van der Waals surface area contributed by atoms with Gasteiger partial charge in [0.2, 0.25) is 0 Å². The van der Waals surface area contributed by atoms with Gasteiger partial charge in [0.15, 0.2) is 0 Å². The molecule has 0 spiro atoms. The van der Waals surface area contributed by atoms with Crippen molar-refractivity contribution in [2.24, 2.45) is 17.3 Å². The molecule has 4 heteroatoms. The van der Waals surface area contributed by atoms with Crippen molar-refractivity contribution >= 4 is 17.5 Å². The maximum absolute atomic E-state index is 12.1. The van der Waals surface area contributed by atoms with Crippen LogP contribution in [0, 0.1) is 17.3 Å². The van der Waals surface area contributed by atoms with Crippen molar-refractivity contribution in [1.82, 2.24) is 0 Å². The van der Waals surface area contributed by atoms with Crippen LogP contribution in [-0.2, 0) is 14.4 Å². The van der Waals surface area contributed by atoms with Crippen LogP contribution in [0.2, 0.25) is 0 Å². The number of hydrogen-bond donors (Lipinski definition) is 1. The molecule has 0 radical (unpaired) electrons. The summed E-state index contributed by atoms with van der Waals surface area (Å²) in [7, 11) is 0. The predicted molar refractivity (Wildman–Crippen MR) is 88.0 cm³/mol. The first kappa shape index (κ1) is 17.9. The molecule has 2 aliphatic carbocycles. The van der Waals surface area contributed by atoms with Crippen molar-refractivity contribution in [2.75, 3.05) is 0 Å². The van der Waals surface area contributed by atoms with Gasteiger partial charge in [-0.15, -0.1) is 0 Å². The third kappa shape index (κ3) is 4.52. The van der Waals surface area contributed by atoms with E-state index < -0.39 is 5.97 Å². The number of carboxylic acid groups (broad SMARTS) is 1. The van der Waals surface area contributed by atoms with Crippen LogP contribution in [0.1, 0.15) is 71.6 Å². The lowest BCUT2D eigenvalue weighted by molar-refractivity contribution is -0.146. The van der Waals surface area contributed by atoms with Gasteiger partial charge in [0.1, 0.15) is 11.6 Å². The molecule has 4 nitrogen and oxygen atoms in total. The first-order valence-electron chi connectivity index (χ1n) is 8.72. The molecule has 2 aliphatic rings. The number of rotatable bonds is 10. The highest BCUT2D eigenvalue weighted by Crippen LogP contribution is 2.61. The fourth-order valence-corrected chi connectivity index (χ4v) is 4.48. The van der Waals surface area contributed by atoms with E-state index in [9.17, 15) is 19.5 Å². The van der Waals surface area contributed by atoms with Crippen molar-refractivity contribution < 1.29 is 19.5 Å². The quantitative estimate of drug-likeness (QED) is 0.489. The third-order valence-electron chi connectivity index (χ3n) is 5.57. The number of fused-ring (bicyclic) bond motifs is 1. The Morgan fingerprint density at radius 3 is 2.52 bits per heavy atom. The first-order chi connectivity index (χ1) is 10.8. The molecule has 1 fully saturated rings. The Bertz CT molecular complexity index is 519. The smallest absolute Gasteiger partial charge is 0.303 e. The highest BCUT2D eigenvalue weighted by Gasteiger charge is 2.54. The minimum atomic E-state index is -0.754. The number of carbonyl (C=O) groups is 3. The molecule has 3 unspecified atom stereocenters. The van der Waals surface area contributed by atoms with E-state index in [1.807, 2.05) is 0 Å². The van der Waals surface area contributed by atoms with Crippen LogP contribution in [0.5, 0.6) is 0 Å². The lowest BCUT2D eigenvalue weighted by atomic mass is 9.51. The predicted octanol–water partition coefficient (Wildman–Crippen LogP) is 3.93. The highest BCUT2D eigenvalue weighted by molar-refractivity contribution is 5.79. The standard InChI is InChI=1S/C19H28O4/c1-13-9-15-11-19(12-18(22)23,17(15)10-13)8-7-16(21)6-4-3-5-14(2)20/h10,15,17H,3-9,11-12H2,1-2H3,(H,22,23). The minimum Gasteiger partial charge on any atom is -0.481 e. The maximum Gasteiger partial charge on any atom is 0.303 e. The average Bonchev–Trinajstić information content (AvgIpc) is 2.76. The summed E-state index contributed by atoms with van der Waals surface area (Å²) in [5, 5.41) is 9.25. The number of hydrogen-bond acceptors (Lipinski definition) is 3. The number of Topliss-reactive ketones (excluding diaryl/α,β-unsaturated/α-hetero) is 2. The number of ketones is 2. The van der Waals surface area contributed by atoms with Gasteiger partial charge in [0.05, 0.1) is 6.42 Å². The molecule has 3 atom stereocenters. The maximum atomic E-state index is 12.1. The van der Waals surface area contributed by atoms with Crippen molar-refractivity contribution in [2.45, 2.75) is 71.6 Å². The fraction of sp³-hybridized carbons (Fsp3) is 0.737. The molecule has 23 heavy (non-hydrogen) atoms. The summed E-state index contributed by atoms with van der Waals surface area (Å²) >= 11 is 0. The van der Waals surface area contributed by atoms with Crippen molar-refractivity contribution in [1.29, 1.82) is 0 Å². The summed E-state index contributed by atoms with van der Waals surface area (Å²) in [6.45, 7) is 3.69. The molecular formula is C19H28O4. The van der Waals surface area contributed by atoms with E-state index in [4.69, 9.17) is 0 Å². The number of carboxylic acids is 1. The van der Waals surface area contributed by atoms with Crippen LogP contribution >= 0.6 is 0 Å². The summed E-state index contributed by atoms with van der Waals surface area (Å²) in [6.07, 6.45) is 8.20. The van der Waals surface area contributed by atoms with E-state index in [2.05, 4.69) is 13.0 Å². The molecule has 1 N–H and O–H groups in total. The molecule has 0 aromatic carbocycles. The Hall–Kier alpha value is -1.45. The molecule has 0 aromatic heterocycles. The molecule has 1 saturated carbocycles. The van der Waals surface area contributed by atoms with Crippen LogP contribution in [0.3, 0.4) is 0 Å². The van der Waals surface area contributed by atoms with Gasteiger partial charge in [0, 0.05) is 19.3 Å². The molecule has 0 bridgehead atoms. The van der Waals surface area contributed by atoms with E-state index in [-0.39, 0.29) is 23.4 Å². The van der Waals surface area contributed by atoms with Gasteiger partial charge >= 0.3 is 5.97 Å². The second kappa shape index (κ2) is 7.41. The van der Waals surface area contributed by atoms with E-state index in [0.29, 0.717) is 37.5 Å². The molecule has 0 heterocycles. The van der Waals surface area contributed by atoms with Crippen LogP contribution in [0.4, 0.5) is 0 Å². The van der Waals surface area contributed by atoms with E-state index in [0.717, 1.165) is 25.7 Å². The van der Waals surface area contributed by atoms with Gasteiger partial charge in [-0.25, -0.2) is 0 Å². The van der Waals surface area contributed by atoms with Gasteiger partial charge in [-0.05, 0) is 63.2 Å². The molecule has 0 saturated heterocycles. The van der Waals surface area contributed by atoms with Crippen molar-refractivity contribution in [3.8, 4) is 0 Å². The summed E-state index contributed by atoms with van der Waals surface area (Å²) in [4.78, 5) is 34.2. The van der Waals surface area contributed by atoms with Crippen molar-refractivity contribution in [3.05, 3.63) is 11.6 Å². The van der Waals surface area contributed by atoms with Gasteiger partial charge in [-0.3, -0.25) is 9.59 Å².